The molecule has 1 saturated carbocycles. The highest BCUT2D eigenvalue weighted by Gasteiger charge is 2.25. The van der Waals surface area contributed by atoms with Gasteiger partial charge in [0.15, 0.2) is 21.4 Å². The molecule has 1 aliphatic carbocycles. The molecule has 0 spiro atoms. The van der Waals surface area contributed by atoms with Gasteiger partial charge >= 0.3 is 0 Å². The Labute approximate surface area is 144 Å². The van der Waals surface area contributed by atoms with E-state index in [0.29, 0.717) is 18.9 Å². The van der Waals surface area contributed by atoms with E-state index in [1.807, 2.05) is 13.8 Å². The van der Waals surface area contributed by atoms with Crippen molar-refractivity contribution in [3.05, 3.63) is 42.2 Å². The second-order valence-corrected chi connectivity index (χ2v) is 9.22. The average molecular weight is 354 g/mol. The van der Waals surface area contributed by atoms with Gasteiger partial charge in [0.05, 0.1) is 18.1 Å². The van der Waals surface area contributed by atoms with Crippen molar-refractivity contribution in [2.75, 3.05) is 18.1 Å². The SMILES string of the molecule is C=CCCS(=O)(=O)C[C@@H](c1ccc(F)c(OCC2CC2)c1)C(C)C. The quantitative estimate of drug-likeness (QED) is 0.587. The van der Waals surface area contributed by atoms with Crippen molar-refractivity contribution < 1.29 is 17.5 Å². The van der Waals surface area contributed by atoms with Gasteiger partial charge in [0, 0.05) is 5.92 Å². The van der Waals surface area contributed by atoms with Crippen molar-refractivity contribution in [2.45, 2.75) is 39.0 Å². The summed E-state index contributed by atoms with van der Waals surface area (Å²) in [5.74, 6) is 0.491. The first-order chi connectivity index (χ1) is 11.3. The lowest BCUT2D eigenvalue weighted by atomic mass is 9.90. The van der Waals surface area contributed by atoms with Gasteiger partial charge in [-0.2, -0.15) is 0 Å². The first-order valence-corrected chi connectivity index (χ1v) is 10.4. The van der Waals surface area contributed by atoms with Gasteiger partial charge in [-0.3, -0.25) is 0 Å². The molecule has 134 valence electrons. The molecule has 0 N–H and O–H groups in total. The van der Waals surface area contributed by atoms with Gasteiger partial charge in [-0.15, -0.1) is 6.58 Å². The minimum absolute atomic E-state index is 0.0617. The van der Waals surface area contributed by atoms with Gasteiger partial charge in [0.25, 0.3) is 0 Å². The fourth-order valence-corrected chi connectivity index (χ4v) is 4.46. The minimum Gasteiger partial charge on any atom is -0.490 e. The van der Waals surface area contributed by atoms with E-state index in [2.05, 4.69) is 6.58 Å². The summed E-state index contributed by atoms with van der Waals surface area (Å²) in [6.07, 6.45) is 4.34. The molecule has 1 aromatic rings. The number of halogens is 1. The van der Waals surface area contributed by atoms with E-state index in [4.69, 9.17) is 4.74 Å². The predicted octanol–water partition coefficient (Wildman–Crippen LogP) is 4.35. The van der Waals surface area contributed by atoms with Crippen molar-refractivity contribution in [3.8, 4) is 5.75 Å². The van der Waals surface area contributed by atoms with Crippen LogP contribution in [0.3, 0.4) is 0 Å². The lowest BCUT2D eigenvalue weighted by Gasteiger charge is -2.22. The van der Waals surface area contributed by atoms with Crippen LogP contribution in [-0.2, 0) is 9.84 Å². The van der Waals surface area contributed by atoms with Crippen LogP contribution < -0.4 is 4.74 Å². The van der Waals surface area contributed by atoms with E-state index in [-0.39, 0.29) is 29.1 Å². The third kappa shape index (κ3) is 5.62. The Morgan fingerprint density at radius 2 is 2.08 bits per heavy atom. The monoisotopic (exact) mass is 354 g/mol. The molecular formula is C19H27FO3S. The zero-order chi connectivity index (χ0) is 17.7. The van der Waals surface area contributed by atoms with E-state index in [9.17, 15) is 12.8 Å². The van der Waals surface area contributed by atoms with Crippen molar-refractivity contribution >= 4 is 9.84 Å². The van der Waals surface area contributed by atoms with Crippen LogP contribution in [0.25, 0.3) is 0 Å². The Bertz CT molecular complexity index is 663. The molecule has 1 atom stereocenters. The van der Waals surface area contributed by atoms with Crippen LogP contribution in [0.15, 0.2) is 30.9 Å². The van der Waals surface area contributed by atoms with Crippen molar-refractivity contribution in [1.82, 2.24) is 0 Å². The van der Waals surface area contributed by atoms with E-state index >= 15 is 0 Å². The van der Waals surface area contributed by atoms with Gasteiger partial charge in [-0.1, -0.05) is 26.0 Å². The summed E-state index contributed by atoms with van der Waals surface area (Å²) in [6.45, 7) is 8.08. The van der Waals surface area contributed by atoms with Crippen LogP contribution in [0.2, 0.25) is 0 Å². The number of hydrogen-bond acceptors (Lipinski definition) is 3. The van der Waals surface area contributed by atoms with Gasteiger partial charge in [0.2, 0.25) is 0 Å². The first-order valence-electron chi connectivity index (χ1n) is 8.56. The molecule has 0 saturated heterocycles. The number of rotatable bonds is 10. The summed E-state index contributed by atoms with van der Waals surface area (Å²) >= 11 is 0. The molecule has 0 heterocycles. The molecule has 1 aliphatic rings. The maximum absolute atomic E-state index is 14.0. The molecule has 24 heavy (non-hydrogen) atoms. The fraction of sp³-hybridized carbons (Fsp3) is 0.579. The van der Waals surface area contributed by atoms with Gasteiger partial charge in [-0.25, -0.2) is 12.8 Å². The molecule has 0 unspecified atom stereocenters. The lowest BCUT2D eigenvalue weighted by Crippen LogP contribution is -2.21. The fourth-order valence-electron chi connectivity index (χ4n) is 2.65. The van der Waals surface area contributed by atoms with E-state index < -0.39 is 15.7 Å². The molecule has 2 rings (SSSR count). The van der Waals surface area contributed by atoms with Crippen LogP contribution in [0.4, 0.5) is 4.39 Å². The number of hydrogen-bond donors (Lipinski definition) is 0. The third-order valence-electron chi connectivity index (χ3n) is 4.43. The Morgan fingerprint density at radius 3 is 2.67 bits per heavy atom. The molecular weight excluding hydrogens is 327 g/mol. The van der Waals surface area contributed by atoms with Crippen molar-refractivity contribution in [1.29, 1.82) is 0 Å². The first kappa shape index (κ1) is 19.0. The van der Waals surface area contributed by atoms with Crippen LogP contribution in [0.1, 0.15) is 44.6 Å². The van der Waals surface area contributed by atoms with Gasteiger partial charge in [-0.05, 0) is 48.8 Å². The Balaban J connectivity index is 2.17. The summed E-state index contributed by atoms with van der Waals surface area (Å²) in [5.41, 5.74) is 0.819. The van der Waals surface area contributed by atoms with Gasteiger partial charge < -0.3 is 4.74 Å². The molecule has 0 bridgehead atoms. The maximum Gasteiger partial charge on any atom is 0.165 e. The normalized spacial score (nSPS) is 16.2. The molecule has 0 amide bonds. The highest BCUT2D eigenvalue weighted by atomic mass is 32.2. The zero-order valence-electron chi connectivity index (χ0n) is 14.5. The highest BCUT2D eigenvalue weighted by molar-refractivity contribution is 7.91. The zero-order valence-corrected chi connectivity index (χ0v) is 15.3. The smallest absolute Gasteiger partial charge is 0.165 e. The highest BCUT2D eigenvalue weighted by Crippen LogP contribution is 2.33. The van der Waals surface area contributed by atoms with Crippen molar-refractivity contribution in [3.63, 3.8) is 0 Å². The molecule has 3 nitrogen and oxygen atoms in total. The second-order valence-electron chi connectivity index (χ2n) is 6.99. The van der Waals surface area contributed by atoms with Crippen LogP contribution >= 0.6 is 0 Å². The molecule has 0 aliphatic heterocycles. The van der Waals surface area contributed by atoms with E-state index in [1.54, 1.807) is 18.2 Å². The maximum atomic E-state index is 14.0. The molecule has 1 aromatic carbocycles. The number of allylic oxidation sites excluding steroid dienone is 1. The third-order valence-corrected chi connectivity index (χ3v) is 6.15. The predicted molar refractivity (Wildman–Crippen MR) is 95.7 cm³/mol. The summed E-state index contributed by atoms with van der Waals surface area (Å²) in [7, 11) is -3.18. The van der Waals surface area contributed by atoms with Crippen molar-refractivity contribution in [2.24, 2.45) is 11.8 Å². The van der Waals surface area contributed by atoms with Crippen LogP contribution in [-0.4, -0.2) is 26.5 Å². The second kappa shape index (κ2) is 8.15. The molecule has 1 fully saturated rings. The molecule has 5 heteroatoms. The lowest BCUT2D eigenvalue weighted by molar-refractivity contribution is 0.284. The Kier molecular flexibility index (Phi) is 6.44. The Morgan fingerprint density at radius 1 is 1.38 bits per heavy atom. The van der Waals surface area contributed by atoms with Gasteiger partial charge in [0.1, 0.15) is 0 Å². The summed E-state index contributed by atoms with van der Waals surface area (Å²) in [6, 6.07) is 4.72. The molecule has 0 radical (unpaired) electrons. The summed E-state index contributed by atoms with van der Waals surface area (Å²) in [5, 5.41) is 0. The van der Waals surface area contributed by atoms with E-state index in [1.165, 1.54) is 6.07 Å². The Hall–Kier alpha value is -1.36. The van der Waals surface area contributed by atoms with E-state index in [0.717, 1.165) is 18.4 Å². The number of benzene rings is 1. The number of ether oxygens (including phenoxy) is 1. The average Bonchev–Trinajstić information content (AvgIpc) is 3.34. The van der Waals surface area contributed by atoms with Crippen LogP contribution in [0.5, 0.6) is 5.75 Å². The number of sulfone groups is 1. The minimum atomic E-state index is -3.18. The molecule has 0 aromatic heterocycles. The summed E-state index contributed by atoms with van der Waals surface area (Å²) < 4.78 is 44.1. The summed E-state index contributed by atoms with van der Waals surface area (Å²) in [4.78, 5) is 0. The topological polar surface area (TPSA) is 43.4 Å². The van der Waals surface area contributed by atoms with Crippen LogP contribution in [0, 0.1) is 17.7 Å². The largest absolute Gasteiger partial charge is 0.490 e. The standard InChI is InChI=1S/C19H27FO3S/c1-4-5-10-24(21,22)13-17(14(2)3)16-8-9-18(20)19(11-16)23-12-15-6-7-15/h4,8-9,11,14-15,17H,1,5-7,10,12-13H2,2-3H3/t17-/m1/s1.